The van der Waals surface area contributed by atoms with Crippen molar-refractivity contribution in [2.45, 2.75) is 204 Å². The van der Waals surface area contributed by atoms with Crippen LogP contribution in [0.3, 0.4) is 0 Å². The van der Waals surface area contributed by atoms with E-state index in [2.05, 4.69) is 22.5 Å². The van der Waals surface area contributed by atoms with Gasteiger partial charge in [-0.2, -0.15) is 0 Å². The minimum atomic E-state index is -2.71. The standard InChI is InChI=1S/C45H75N5O13Si/c1-7-8-9-10-11-12-13-14-15-16-17-18-19-23-34(53)59-31-27-32(41(57)48-30-22-20-21-25-47-40(30)56)60-43(35(31)54)62-38(39(46)55)36-29(28-51)37(63-64(5,6)45(2,3)4)42(61-36)50-26-24-33(52)49-44(50)58/h24,26-27,29-31,35-38,42-43,51,54H,7-23,25,28H2,1-6H3,(H2,46,55)(H,47,56)(H,48,57)(H,49,52,58)/t29-,30+,31+,35+,36+,37-,38-,42-,43-/m1/s1. The number of unbranched alkanes of at least 4 members (excludes halogenated alkanes) is 12. The third kappa shape index (κ3) is 15.1. The van der Waals surface area contributed by atoms with Crippen LogP contribution >= 0.6 is 0 Å². The second-order valence-electron chi connectivity index (χ2n) is 18.9. The van der Waals surface area contributed by atoms with Crippen molar-refractivity contribution in [3.63, 3.8) is 0 Å². The molecule has 362 valence electrons. The summed E-state index contributed by atoms with van der Waals surface area (Å²) in [4.78, 5) is 80.4. The molecule has 19 heteroatoms. The molecule has 3 aliphatic heterocycles. The molecule has 0 unspecified atom stereocenters. The molecule has 3 amide bonds. The molecule has 7 N–H and O–H groups in total. The van der Waals surface area contributed by atoms with E-state index in [0.717, 1.165) is 48.8 Å². The monoisotopic (exact) mass is 922 g/mol. The van der Waals surface area contributed by atoms with Gasteiger partial charge in [-0.25, -0.2) is 4.79 Å². The molecule has 0 bridgehead atoms. The first-order chi connectivity index (χ1) is 30.4. The van der Waals surface area contributed by atoms with Crippen LogP contribution in [0.15, 0.2) is 33.7 Å². The Morgan fingerprint density at radius 2 is 1.61 bits per heavy atom. The van der Waals surface area contributed by atoms with Gasteiger partial charge in [-0.05, 0) is 43.8 Å². The summed E-state index contributed by atoms with van der Waals surface area (Å²) in [5.41, 5.74) is 4.44. The third-order valence-corrected chi connectivity index (χ3v) is 17.3. The van der Waals surface area contributed by atoms with Crippen molar-refractivity contribution in [3.05, 3.63) is 44.9 Å². The SMILES string of the molecule is CCCCCCCCCCCCCCCC(=O)O[C@H]1C=C(C(=O)N[C@H]2CCCCNC2=O)O[C@H](O[C@@H](C(N)=O)[C@H]2O[C@@H](n3ccc(=O)[nH]c3=O)[C@H](O[Si](C)(C)C(C)(C)C)[C@@H]2CO)[C@H]1O. The number of aliphatic hydroxyl groups is 2. The lowest BCUT2D eigenvalue weighted by Crippen LogP contribution is -2.54. The van der Waals surface area contributed by atoms with E-state index >= 15 is 0 Å². The number of hydrogen-bond acceptors (Lipinski definition) is 13. The van der Waals surface area contributed by atoms with E-state index in [0.29, 0.717) is 25.8 Å². The maximum Gasteiger partial charge on any atom is 0.330 e. The van der Waals surface area contributed by atoms with Gasteiger partial charge < -0.3 is 50.0 Å². The Labute approximate surface area is 377 Å². The van der Waals surface area contributed by atoms with Crippen molar-refractivity contribution in [3.8, 4) is 0 Å². The summed E-state index contributed by atoms with van der Waals surface area (Å²) < 4.78 is 31.8. The van der Waals surface area contributed by atoms with Crippen molar-refractivity contribution in [2.75, 3.05) is 13.2 Å². The Morgan fingerprint density at radius 3 is 2.19 bits per heavy atom. The van der Waals surface area contributed by atoms with E-state index in [-0.39, 0.29) is 17.4 Å². The fraction of sp³-hybridized carbons (Fsp3) is 0.778. The molecule has 0 aliphatic carbocycles. The van der Waals surface area contributed by atoms with Crippen LogP contribution in [-0.2, 0) is 42.6 Å². The first-order valence-corrected chi connectivity index (χ1v) is 26.3. The molecule has 0 aromatic carbocycles. The molecule has 0 saturated carbocycles. The molecule has 0 radical (unpaired) electrons. The second kappa shape index (κ2) is 25.1. The van der Waals surface area contributed by atoms with Crippen LogP contribution in [0.1, 0.15) is 143 Å². The summed E-state index contributed by atoms with van der Waals surface area (Å²) in [6, 6.07) is 0.213. The van der Waals surface area contributed by atoms with Crippen LogP contribution in [0.4, 0.5) is 0 Å². The minimum absolute atomic E-state index is 0.0457. The molecule has 2 saturated heterocycles. The van der Waals surface area contributed by atoms with Gasteiger partial charge in [-0.3, -0.25) is 33.5 Å². The Kier molecular flexibility index (Phi) is 20.7. The van der Waals surface area contributed by atoms with Crippen molar-refractivity contribution < 1.29 is 52.8 Å². The highest BCUT2D eigenvalue weighted by atomic mass is 28.4. The fourth-order valence-corrected chi connectivity index (χ4v) is 9.31. The smallest absolute Gasteiger partial charge is 0.330 e. The van der Waals surface area contributed by atoms with Crippen molar-refractivity contribution >= 4 is 32.0 Å². The first kappa shape index (κ1) is 52.7. The molecule has 0 spiro atoms. The summed E-state index contributed by atoms with van der Waals surface area (Å²) >= 11 is 0. The van der Waals surface area contributed by atoms with E-state index in [1.54, 1.807) is 0 Å². The Bertz CT molecular complexity index is 1830. The molecule has 4 heterocycles. The van der Waals surface area contributed by atoms with Gasteiger partial charge in [-0.15, -0.1) is 0 Å². The van der Waals surface area contributed by atoms with E-state index in [1.165, 1.54) is 57.6 Å². The number of aromatic amines is 1. The average Bonchev–Trinajstić information content (AvgIpc) is 3.44. The number of nitrogens with zero attached hydrogens (tertiary/aromatic N) is 1. The molecule has 2 fully saturated rings. The van der Waals surface area contributed by atoms with Crippen LogP contribution in [0.2, 0.25) is 18.1 Å². The number of amides is 3. The quantitative estimate of drug-likeness (QED) is 0.0460. The molecule has 1 aromatic rings. The number of primary amides is 1. The number of hydrogen-bond donors (Lipinski definition) is 6. The predicted octanol–water partition coefficient (Wildman–Crippen LogP) is 4.08. The number of nitrogens with two attached hydrogens (primary N) is 1. The van der Waals surface area contributed by atoms with E-state index in [1.807, 2.05) is 33.9 Å². The number of aromatic nitrogens is 2. The highest BCUT2D eigenvalue weighted by Crippen LogP contribution is 2.44. The minimum Gasteiger partial charge on any atom is -0.456 e. The summed E-state index contributed by atoms with van der Waals surface area (Å²) in [7, 11) is -2.71. The zero-order valence-electron chi connectivity index (χ0n) is 38.8. The van der Waals surface area contributed by atoms with E-state index in [4.69, 9.17) is 29.1 Å². The van der Waals surface area contributed by atoms with Gasteiger partial charge >= 0.3 is 11.7 Å². The molecular formula is C45H75N5O13Si. The maximum absolute atomic E-state index is 13.7. The molecule has 1 aromatic heterocycles. The van der Waals surface area contributed by atoms with Gasteiger partial charge in [0.25, 0.3) is 11.5 Å². The lowest BCUT2D eigenvalue weighted by atomic mass is 9.94. The molecule has 18 nitrogen and oxygen atoms in total. The topological polar surface area (TPSA) is 260 Å². The zero-order chi connectivity index (χ0) is 47.0. The molecule has 4 rings (SSSR count). The van der Waals surface area contributed by atoms with Gasteiger partial charge in [-0.1, -0.05) is 105 Å². The fourth-order valence-electron chi connectivity index (χ4n) is 7.99. The molecule has 64 heavy (non-hydrogen) atoms. The summed E-state index contributed by atoms with van der Waals surface area (Å²) in [5.74, 6) is -4.52. The number of aliphatic hydroxyl groups excluding tert-OH is 2. The Hall–Kier alpha value is -3.88. The summed E-state index contributed by atoms with van der Waals surface area (Å²) in [6.45, 7) is 11.9. The number of nitrogens with one attached hydrogen (secondary N) is 3. The van der Waals surface area contributed by atoms with Crippen LogP contribution in [0.25, 0.3) is 0 Å². The number of carbonyl (C=O) groups is 4. The second-order valence-corrected chi connectivity index (χ2v) is 23.7. The number of H-pyrrole nitrogens is 1. The van der Waals surface area contributed by atoms with Crippen LogP contribution in [0, 0.1) is 5.92 Å². The van der Waals surface area contributed by atoms with Gasteiger partial charge in [0.15, 0.2) is 38.6 Å². The first-order valence-electron chi connectivity index (χ1n) is 23.4. The number of ether oxygens (including phenoxy) is 4. The van der Waals surface area contributed by atoms with Crippen molar-refractivity contribution in [1.82, 2.24) is 20.2 Å². The number of carbonyl (C=O) groups excluding carboxylic acids is 4. The molecule has 9 atom stereocenters. The zero-order valence-corrected chi connectivity index (χ0v) is 39.8. The lowest BCUT2D eigenvalue weighted by molar-refractivity contribution is -0.242. The Morgan fingerprint density at radius 1 is 0.984 bits per heavy atom. The lowest BCUT2D eigenvalue weighted by Gasteiger charge is -2.41. The Balaban J connectivity index is 1.51. The predicted molar refractivity (Wildman–Crippen MR) is 240 cm³/mol. The largest absolute Gasteiger partial charge is 0.456 e. The molecule has 3 aliphatic rings. The van der Waals surface area contributed by atoms with Crippen LogP contribution < -0.4 is 27.6 Å². The molecular weight excluding hydrogens is 847 g/mol. The van der Waals surface area contributed by atoms with Gasteiger partial charge in [0.1, 0.15) is 12.1 Å². The van der Waals surface area contributed by atoms with Gasteiger partial charge in [0, 0.05) is 37.2 Å². The van der Waals surface area contributed by atoms with Crippen molar-refractivity contribution in [2.24, 2.45) is 11.7 Å². The highest BCUT2D eigenvalue weighted by molar-refractivity contribution is 6.74. The van der Waals surface area contributed by atoms with Crippen LogP contribution in [0.5, 0.6) is 0 Å². The number of rotatable bonds is 25. The van der Waals surface area contributed by atoms with E-state index < -0.39 is 105 Å². The summed E-state index contributed by atoms with van der Waals surface area (Å²) in [5, 5.41) is 27.6. The van der Waals surface area contributed by atoms with Crippen LogP contribution in [-0.4, -0.2) is 108 Å². The van der Waals surface area contributed by atoms with Gasteiger partial charge in [0.05, 0.1) is 12.7 Å². The normalized spacial score (nSPS) is 25.7. The highest BCUT2D eigenvalue weighted by Gasteiger charge is 2.55. The number of esters is 1. The summed E-state index contributed by atoms with van der Waals surface area (Å²) in [6.07, 6.45) is 7.99. The maximum atomic E-state index is 13.7. The van der Waals surface area contributed by atoms with Gasteiger partial charge in [0.2, 0.25) is 18.1 Å². The third-order valence-electron chi connectivity index (χ3n) is 12.8. The van der Waals surface area contributed by atoms with E-state index in [9.17, 15) is 39.0 Å². The van der Waals surface area contributed by atoms with Crippen molar-refractivity contribution in [1.29, 1.82) is 0 Å². The average molecular weight is 922 g/mol.